The molecule has 1 aliphatic heterocycles. The molecule has 0 bridgehead atoms. The van der Waals surface area contributed by atoms with Crippen LogP contribution in [0.5, 0.6) is 0 Å². The maximum atomic E-state index is 14.2. The number of benzene rings is 1. The third-order valence-corrected chi connectivity index (χ3v) is 3.82. The largest absolute Gasteiger partial charge is 0.481 e. The molecule has 1 aromatic carbocycles. The maximum absolute atomic E-state index is 14.2. The van der Waals surface area contributed by atoms with Crippen LogP contribution in [-0.2, 0) is 15.5 Å². The van der Waals surface area contributed by atoms with E-state index in [9.17, 15) is 18.4 Å². The zero-order valence-corrected chi connectivity index (χ0v) is 11.8. The Morgan fingerprint density at radius 3 is 2.43 bits per heavy atom. The van der Waals surface area contributed by atoms with Gasteiger partial charge in [0.25, 0.3) is 5.91 Å². The van der Waals surface area contributed by atoms with Crippen molar-refractivity contribution < 1.29 is 23.5 Å². The van der Waals surface area contributed by atoms with Crippen LogP contribution in [0.4, 0.5) is 8.78 Å². The molecule has 0 aliphatic carbocycles. The third kappa shape index (κ3) is 3.32. The van der Waals surface area contributed by atoms with E-state index in [0.717, 1.165) is 17.0 Å². The molecule has 0 spiro atoms. The normalized spacial score (nSPS) is 16.8. The monoisotopic (exact) mass is 317 g/mol. The van der Waals surface area contributed by atoms with Gasteiger partial charge in [-0.25, -0.2) is 0 Å². The number of amides is 1. The second-order valence-corrected chi connectivity index (χ2v) is 5.43. The summed E-state index contributed by atoms with van der Waals surface area (Å²) >= 11 is 5.67. The second-order valence-electron chi connectivity index (χ2n) is 4.99. The molecule has 1 heterocycles. The predicted molar refractivity (Wildman–Crippen MR) is 72.3 cm³/mol. The lowest BCUT2D eigenvalue weighted by Crippen LogP contribution is -2.46. The Labute approximate surface area is 125 Å². The molecule has 114 valence electrons. The summed E-state index contributed by atoms with van der Waals surface area (Å²) in [6.45, 7) is 0.0396. The molecule has 4 nitrogen and oxygen atoms in total. The lowest BCUT2D eigenvalue weighted by molar-refractivity contribution is -0.162. The molecule has 1 fully saturated rings. The minimum Gasteiger partial charge on any atom is -0.481 e. The van der Waals surface area contributed by atoms with Crippen LogP contribution < -0.4 is 0 Å². The first kappa shape index (κ1) is 15.7. The summed E-state index contributed by atoms with van der Waals surface area (Å²) in [5.41, 5.74) is -0.458. The molecule has 1 aromatic rings. The van der Waals surface area contributed by atoms with Crippen LogP contribution in [0.1, 0.15) is 18.4 Å². The molecule has 0 saturated carbocycles. The number of carbonyl (C=O) groups excluding carboxylic acids is 1. The van der Waals surface area contributed by atoms with Crippen molar-refractivity contribution in [3.05, 3.63) is 34.9 Å². The van der Waals surface area contributed by atoms with Crippen molar-refractivity contribution in [2.45, 2.75) is 18.8 Å². The van der Waals surface area contributed by atoms with E-state index in [-0.39, 0.29) is 31.0 Å². The smallest absolute Gasteiger partial charge is 0.350 e. The SMILES string of the molecule is O=C(O)C1CCN(C(=O)C(F)(F)c2cccc(Cl)c2)CC1. The summed E-state index contributed by atoms with van der Waals surface area (Å²) in [6, 6.07) is 5.01. The van der Waals surface area contributed by atoms with E-state index in [1.165, 1.54) is 12.1 Å². The van der Waals surface area contributed by atoms with Crippen molar-refractivity contribution in [3.63, 3.8) is 0 Å². The fourth-order valence-electron chi connectivity index (χ4n) is 2.34. The third-order valence-electron chi connectivity index (χ3n) is 3.59. The van der Waals surface area contributed by atoms with Crippen molar-refractivity contribution in [1.82, 2.24) is 4.90 Å². The lowest BCUT2D eigenvalue weighted by atomic mass is 9.96. The molecule has 0 radical (unpaired) electrons. The number of carboxylic acid groups (broad SMARTS) is 1. The van der Waals surface area contributed by atoms with Gasteiger partial charge in [-0.1, -0.05) is 23.7 Å². The van der Waals surface area contributed by atoms with E-state index >= 15 is 0 Å². The zero-order valence-electron chi connectivity index (χ0n) is 11.1. The van der Waals surface area contributed by atoms with Gasteiger partial charge >= 0.3 is 11.9 Å². The first-order valence-electron chi connectivity index (χ1n) is 6.48. The van der Waals surface area contributed by atoms with Crippen molar-refractivity contribution in [2.24, 2.45) is 5.92 Å². The maximum Gasteiger partial charge on any atom is 0.350 e. The van der Waals surface area contributed by atoms with Gasteiger partial charge in [0.05, 0.1) is 5.92 Å². The van der Waals surface area contributed by atoms with E-state index in [1.807, 2.05) is 0 Å². The number of alkyl halides is 2. The summed E-state index contributed by atoms with van der Waals surface area (Å²) in [4.78, 5) is 23.8. The average molecular weight is 318 g/mol. The highest BCUT2D eigenvalue weighted by molar-refractivity contribution is 6.30. The summed E-state index contributed by atoms with van der Waals surface area (Å²) in [6.07, 6.45) is 0.374. The Morgan fingerprint density at radius 2 is 1.90 bits per heavy atom. The molecule has 21 heavy (non-hydrogen) atoms. The van der Waals surface area contributed by atoms with Gasteiger partial charge in [-0.15, -0.1) is 0 Å². The van der Waals surface area contributed by atoms with Gasteiger partial charge in [0.15, 0.2) is 0 Å². The van der Waals surface area contributed by atoms with Gasteiger partial charge < -0.3 is 10.0 Å². The van der Waals surface area contributed by atoms with Crippen LogP contribution in [0.3, 0.4) is 0 Å². The van der Waals surface area contributed by atoms with Crippen LogP contribution in [0, 0.1) is 5.92 Å². The number of rotatable bonds is 3. The topological polar surface area (TPSA) is 57.6 Å². The predicted octanol–water partition coefficient (Wildman–Crippen LogP) is 2.76. The first-order valence-corrected chi connectivity index (χ1v) is 6.86. The summed E-state index contributed by atoms with van der Waals surface area (Å²) in [5, 5.41) is 8.99. The highest BCUT2D eigenvalue weighted by Gasteiger charge is 2.45. The van der Waals surface area contributed by atoms with Gasteiger partial charge in [0, 0.05) is 23.7 Å². The average Bonchev–Trinajstić information content (AvgIpc) is 2.46. The highest BCUT2D eigenvalue weighted by Crippen LogP contribution is 2.33. The van der Waals surface area contributed by atoms with Gasteiger partial charge in [0.1, 0.15) is 0 Å². The van der Waals surface area contributed by atoms with Gasteiger partial charge in [-0.2, -0.15) is 8.78 Å². The van der Waals surface area contributed by atoms with E-state index in [4.69, 9.17) is 16.7 Å². The number of aliphatic carboxylic acids is 1. The molecule has 0 aromatic heterocycles. The van der Waals surface area contributed by atoms with E-state index in [1.54, 1.807) is 0 Å². The zero-order chi connectivity index (χ0) is 15.6. The molecular weight excluding hydrogens is 304 g/mol. The number of nitrogens with zero attached hydrogens (tertiary/aromatic N) is 1. The minimum atomic E-state index is -3.67. The van der Waals surface area contributed by atoms with Crippen LogP contribution in [0.25, 0.3) is 0 Å². The molecule has 2 rings (SSSR count). The quantitative estimate of drug-likeness (QED) is 0.932. The Kier molecular flexibility index (Phi) is 4.46. The van der Waals surface area contributed by atoms with Crippen LogP contribution >= 0.6 is 11.6 Å². The molecule has 1 amide bonds. The number of carbonyl (C=O) groups is 2. The lowest BCUT2D eigenvalue weighted by Gasteiger charge is -2.32. The number of piperidine rings is 1. The minimum absolute atomic E-state index is 0.0198. The Balaban J connectivity index is 2.11. The fraction of sp³-hybridized carbons (Fsp3) is 0.429. The van der Waals surface area contributed by atoms with Gasteiger partial charge in [-0.3, -0.25) is 9.59 Å². The molecule has 0 unspecified atom stereocenters. The molecule has 7 heteroatoms. The molecule has 0 atom stereocenters. The number of halogens is 3. The molecule has 1 aliphatic rings. The Hall–Kier alpha value is -1.69. The summed E-state index contributed by atoms with van der Waals surface area (Å²) in [7, 11) is 0. The number of hydrogen-bond acceptors (Lipinski definition) is 2. The summed E-state index contributed by atoms with van der Waals surface area (Å²) in [5.74, 6) is -6.51. The first-order chi connectivity index (χ1) is 9.82. The van der Waals surface area contributed by atoms with E-state index in [0.29, 0.717) is 0 Å². The van der Waals surface area contributed by atoms with Crippen LogP contribution in [-0.4, -0.2) is 35.0 Å². The van der Waals surface area contributed by atoms with Crippen LogP contribution in [0.15, 0.2) is 24.3 Å². The van der Waals surface area contributed by atoms with Crippen molar-refractivity contribution in [2.75, 3.05) is 13.1 Å². The second kappa shape index (κ2) is 5.97. The van der Waals surface area contributed by atoms with Crippen LogP contribution in [0.2, 0.25) is 5.02 Å². The number of hydrogen-bond donors (Lipinski definition) is 1. The number of carboxylic acids is 1. The van der Waals surface area contributed by atoms with Crippen molar-refractivity contribution >= 4 is 23.5 Å². The standard InChI is InChI=1S/C14H14ClF2NO3/c15-11-3-1-2-10(8-11)14(16,17)13(21)18-6-4-9(5-7-18)12(19)20/h1-3,8-9H,4-7H2,(H,19,20). The Bertz CT molecular complexity index is 557. The van der Waals surface area contributed by atoms with E-state index < -0.39 is 29.3 Å². The highest BCUT2D eigenvalue weighted by atomic mass is 35.5. The molecular formula is C14H14ClF2NO3. The fourth-order valence-corrected chi connectivity index (χ4v) is 2.53. The number of likely N-dealkylation sites (tertiary alicyclic amines) is 1. The van der Waals surface area contributed by atoms with Gasteiger partial charge in [0.2, 0.25) is 0 Å². The van der Waals surface area contributed by atoms with E-state index in [2.05, 4.69) is 0 Å². The summed E-state index contributed by atoms with van der Waals surface area (Å²) < 4.78 is 28.4. The van der Waals surface area contributed by atoms with Crippen molar-refractivity contribution in [3.8, 4) is 0 Å². The van der Waals surface area contributed by atoms with Crippen molar-refractivity contribution in [1.29, 1.82) is 0 Å². The Morgan fingerprint density at radius 1 is 1.29 bits per heavy atom. The molecule has 1 saturated heterocycles. The molecule has 1 N–H and O–H groups in total. The van der Waals surface area contributed by atoms with Gasteiger partial charge in [-0.05, 0) is 25.0 Å².